The molecule has 0 bridgehead atoms. The third-order valence-corrected chi connectivity index (χ3v) is 3.12. The van der Waals surface area contributed by atoms with Gasteiger partial charge in [-0.1, -0.05) is 13.8 Å². The minimum absolute atomic E-state index is 0.0189. The number of aliphatic carboxylic acids is 1. The Bertz CT molecular complexity index is 536. The molecule has 0 aromatic heterocycles. The molecule has 4 amide bonds. The number of amides is 4. The lowest BCUT2D eigenvalue weighted by Gasteiger charge is -2.22. The second-order valence-electron chi connectivity index (χ2n) is 6.04. The standard InChI is InChI=1S/C14H25N5O6/c1-6(2)3-9(14(24)25)19-13(23)8(5-11(17)21)18-12(22)7(15)4-10(16)20/h6-9H,3-5,15H2,1-2H3,(H2,16,20)(H2,17,21)(H,18,22)(H,19,23)(H,24,25)/t7-,8-,9-/m0/s1. The SMILES string of the molecule is CC(C)C[C@H](NC(=O)[C@H](CC(N)=O)NC(=O)[C@@H](N)CC(N)=O)C(=O)O. The summed E-state index contributed by atoms with van der Waals surface area (Å²) in [5, 5.41) is 13.6. The minimum Gasteiger partial charge on any atom is -0.480 e. The maximum absolute atomic E-state index is 12.2. The molecule has 11 heteroatoms. The second-order valence-corrected chi connectivity index (χ2v) is 6.04. The van der Waals surface area contributed by atoms with Crippen LogP contribution in [0.4, 0.5) is 0 Å². The summed E-state index contributed by atoms with van der Waals surface area (Å²) in [5.74, 6) is -4.77. The van der Waals surface area contributed by atoms with Crippen LogP contribution in [0, 0.1) is 5.92 Å². The molecule has 0 aliphatic heterocycles. The van der Waals surface area contributed by atoms with E-state index in [2.05, 4.69) is 10.6 Å². The smallest absolute Gasteiger partial charge is 0.326 e. The third kappa shape index (κ3) is 9.25. The number of nitrogens with two attached hydrogens (primary N) is 3. The summed E-state index contributed by atoms with van der Waals surface area (Å²) in [7, 11) is 0. The van der Waals surface area contributed by atoms with E-state index in [0.717, 1.165) is 0 Å². The van der Waals surface area contributed by atoms with Gasteiger partial charge in [0.15, 0.2) is 0 Å². The van der Waals surface area contributed by atoms with Crippen LogP contribution in [0.3, 0.4) is 0 Å². The van der Waals surface area contributed by atoms with E-state index in [1.807, 2.05) is 0 Å². The van der Waals surface area contributed by atoms with E-state index in [-0.39, 0.29) is 12.3 Å². The number of carbonyl (C=O) groups is 5. The van der Waals surface area contributed by atoms with Gasteiger partial charge in [-0.25, -0.2) is 4.79 Å². The first kappa shape index (κ1) is 22.3. The van der Waals surface area contributed by atoms with Gasteiger partial charge < -0.3 is 32.9 Å². The number of carboxylic acid groups (broad SMARTS) is 1. The van der Waals surface area contributed by atoms with E-state index in [0.29, 0.717) is 0 Å². The van der Waals surface area contributed by atoms with Crippen molar-refractivity contribution in [1.29, 1.82) is 0 Å². The van der Waals surface area contributed by atoms with E-state index < -0.39 is 60.6 Å². The minimum atomic E-state index is -1.42. The van der Waals surface area contributed by atoms with Crippen molar-refractivity contribution in [3.05, 3.63) is 0 Å². The molecule has 0 unspecified atom stereocenters. The maximum atomic E-state index is 12.2. The number of carbonyl (C=O) groups excluding carboxylic acids is 4. The lowest BCUT2D eigenvalue weighted by Crippen LogP contribution is -2.56. The van der Waals surface area contributed by atoms with Crippen LogP contribution in [0.15, 0.2) is 0 Å². The van der Waals surface area contributed by atoms with Gasteiger partial charge in [0.2, 0.25) is 23.6 Å². The van der Waals surface area contributed by atoms with Gasteiger partial charge in [-0.15, -0.1) is 0 Å². The molecule has 0 radical (unpaired) electrons. The molecule has 0 aromatic rings. The topological polar surface area (TPSA) is 208 Å². The Morgan fingerprint density at radius 1 is 0.880 bits per heavy atom. The van der Waals surface area contributed by atoms with Gasteiger partial charge in [-0.05, 0) is 12.3 Å². The van der Waals surface area contributed by atoms with Crippen molar-refractivity contribution in [3.8, 4) is 0 Å². The van der Waals surface area contributed by atoms with Gasteiger partial charge in [-0.2, -0.15) is 0 Å². The molecule has 0 heterocycles. The zero-order valence-corrected chi connectivity index (χ0v) is 14.2. The number of rotatable bonds is 11. The van der Waals surface area contributed by atoms with Gasteiger partial charge in [0.05, 0.1) is 18.9 Å². The van der Waals surface area contributed by atoms with Gasteiger partial charge >= 0.3 is 5.97 Å². The average Bonchev–Trinajstić information content (AvgIpc) is 2.43. The van der Waals surface area contributed by atoms with Gasteiger partial charge in [0.1, 0.15) is 12.1 Å². The Morgan fingerprint density at radius 2 is 1.36 bits per heavy atom. The Kier molecular flexibility index (Phi) is 9.13. The van der Waals surface area contributed by atoms with Gasteiger partial charge in [0.25, 0.3) is 0 Å². The van der Waals surface area contributed by atoms with E-state index in [1.165, 1.54) is 0 Å². The van der Waals surface area contributed by atoms with Crippen molar-refractivity contribution >= 4 is 29.6 Å². The van der Waals surface area contributed by atoms with Crippen molar-refractivity contribution in [1.82, 2.24) is 10.6 Å². The molecule has 0 saturated heterocycles. The zero-order chi connectivity index (χ0) is 19.7. The number of carboxylic acids is 1. The summed E-state index contributed by atoms with van der Waals surface area (Å²) in [6.07, 6.45) is -0.865. The van der Waals surface area contributed by atoms with Crippen LogP contribution in [-0.4, -0.2) is 52.8 Å². The predicted molar refractivity (Wildman–Crippen MR) is 86.6 cm³/mol. The van der Waals surface area contributed by atoms with E-state index in [1.54, 1.807) is 13.8 Å². The Morgan fingerprint density at radius 3 is 1.76 bits per heavy atom. The quantitative estimate of drug-likeness (QED) is 0.227. The van der Waals surface area contributed by atoms with Crippen molar-refractivity contribution in [3.63, 3.8) is 0 Å². The number of hydrogen-bond acceptors (Lipinski definition) is 6. The monoisotopic (exact) mass is 359 g/mol. The number of nitrogens with one attached hydrogen (secondary N) is 2. The molecule has 9 N–H and O–H groups in total. The fraction of sp³-hybridized carbons (Fsp3) is 0.643. The second kappa shape index (κ2) is 10.2. The maximum Gasteiger partial charge on any atom is 0.326 e. The largest absolute Gasteiger partial charge is 0.480 e. The summed E-state index contributed by atoms with van der Waals surface area (Å²) >= 11 is 0. The lowest BCUT2D eigenvalue weighted by atomic mass is 10.0. The van der Waals surface area contributed by atoms with Crippen LogP contribution in [0.25, 0.3) is 0 Å². The molecule has 25 heavy (non-hydrogen) atoms. The fourth-order valence-electron chi connectivity index (χ4n) is 1.96. The third-order valence-electron chi connectivity index (χ3n) is 3.12. The highest BCUT2D eigenvalue weighted by Gasteiger charge is 2.29. The zero-order valence-electron chi connectivity index (χ0n) is 14.2. The van der Waals surface area contributed by atoms with Crippen LogP contribution >= 0.6 is 0 Å². The van der Waals surface area contributed by atoms with E-state index in [9.17, 15) is 24.0 Å². The Labute approximate surface area is 144 Å². The summed E-state index contributed by atoms with van der Waals surface area (Å²) < 4.78 is 0. The molecule has 0 saturated carbocycles. The summed E-state index contributed by atoms with van der Waals surface area (Å²) in [4.78, 5) is 57.2. The summed E-state index contributed by atoms with van der Waals surface area (Å²) in [6, 6.07) is -3.93. The fourth-order valence-corrected chi connectivity index (χ4v) is 1.96. The molecule has 0 aliphatic rings. The Hall–Kier alpha value is -2.69. The van der Waals surface area contributed by atoms with Crippen LogP contribution in [-0.2, 0) is 24.0 Å². The van der Waals surface area contributed by atoms with Gasteiger partial charge in [0, 0.05) is 0 Å². The van der Waals surface area contributed by atoms with Crippen molar-refractivity contribution in [2.75, 3.05) is 0 Å². The van der Waals surface area contributed by atoms with Crippen LogP contribution in [0.2, 0.25) is 0 Å². The van der Waals surface area contributed by atoms with Crippen molar-refractivity contribution in [2.24, 2.45) is 23.1 Å². The average molecular weight is 359 g/mol. The molecule has 3 atom stereocenters. The van der Waals surface area contributed by atoms with Crippen molar-refractivity contribution < 1.29 is 29.1 Å². The van der Waals surface area contributed by atoms with Crippen LogP contribution in [0.5, 0.6) is 0 Å². The first-order valence-corrected chi connectivity index (χ1v) is 7.59. The van der Waals surface area contributed by atoms with Crippen LogP contribution < -0.4 is 27.8 Å². The number of hydrogen-bond donors (Lipinski definition) is 6. The first-order valence-electron chi connectivity index (χ1n) is 7.59. The highest BCUT2D eigenvalue weighted by molar-refractivity contribution is 5.95. The molecule has 0 spiro atoms. The summed E-state index contributed by atoms with van der Waals surface area (Å²) in [6.45, 7) is 3.54. The predicted octanol–water partition coefficient (Wildman–Crippen LogP) is -2.84. The molecule has 0 rings (SSSR count). The Balaban J connectivity index is 5.08. The molecule has 142 valence electrons. The number of primary amides is 2. The molecule has 0 fully saturated rings. The van der Waals surface area contributed by atoms with Crippen LogP contribution in [0.1, 0.15) is 33.1 Å². The highest BCUT2D eigenvalue weighted by Crippen LogP contribution is 2.06. The molecular formula is C14H25N5O6. The molecule has 0 aromatic carbocycles. The molecule has 11 nitrogen and oxygen atoms in total. The first-order chi connectivity index (χ1) is 11.4. The van der Waals surface area contributed by atoms with E-state index >= 15 is 0 Å². The molecular weight excluding hydrogens is 334 g/mol. The normalized spacial score (nSPS) is 14.2. The highest BCUT2D eigenvalue weighted by atomic mass is 16.4. The molecule has 0 aliphatic carbocycles. The van der Waals surface area contributed by atoms with Crippen molar-refractivity contribution in [2.45, 2.75) is 51.2 Å². The van der Waals surface area contributed by atoms with E-state index in [4.69, 9.17) is 22.3 Å². The van der Waals surface area contributed by atoms with Gasteiger partial charge in [-0.3, -0.25) is 19.2 Å². The lowest BCUT2D eigenvalue weighted by molar-refractivity contribution is -0.143. The summed E-state index contributed by atoms with van der Waals surface area (Å²) in [5.41, 5.74) is 15.4.